The number of aliphatic hydroxyl groups is 1. The molecule has 4 heterocycles. The van der Waals surface area contributed by atoms with Gasteiger partial charge in [0.1, 0.15) is 5.52 Å². The lowest BCUT2D eigenvalue weighted by Gasteiger charge is -2.58. The Kier molecular flexibility index (Phi) is 4.85. The van der Waals surface area contributed by atoms with Crippen molar-refractivity contribution in [3.05, 3.63) is 18.4 Å². The molecule has 11 nitrogen and oxygen atoms in total. The Morgan fingerprint density at radius 3 is 2.71 bits per heavy atom. The summed E-state index contributed by atoms with van der Waals surface area (Å²) in [5.74, 6) is 1.30. The van der Waals surface area contributed by atoms with Crippen LogP contribution in [-0.4, -0.2) is 67.0 Å². The molecular weight excluding hydrogens is 450 g/mol. The number of anilines is 1. The van der Waals surface area contributed by atoms with Crippen LogP contribution in [0.4, 0.5) is 5.69 Å². The molecule has 8 rings (SSSR count). The van der Waals surface area contributed by atoms with Crippen LogP contribution in [0.15, 0.2) is 17.0 Å². The van der Waals surface area contributed by atoms with Crippen molar-refractivity contribution >= 4 is 22.8 Å². The van der Waals surface area contributed by atoms with Crippen molar-refractivity contribution in [2.75, 3.05) is 18.5 Å². The van der Waals surface area contributed by atoms with E-state index in [9.17, 15) is 9.90 Å². The van der Waals surface area contributed by atoms with Crippen LogP contribution < -0.4 is 10.6 Å². The number of aromatic nitrogens is 5. The summed E-state index contributed by atoms with van der Waals surface area (Å²) in [6.45, 7) is 1.26. The van der Waals surface area contributed by atoms with Crippen molar-refractivity contribution in [1.29, 1.82) is 0 Å². The molecule has 5 atom stereocenters. The molecule has 1 aliphatic heterocycles. The predicted octanol–water partition coefficient (Wildman–Crippen LogP) is 2.27. The number of H-pyrrole nitrogens is 1. The second-order valence-corrected chi connectivity index (χ2v) is 10.8. The van der Waals surface area contributed by atoms with E-state index >= 15 is 0 Å². The predicted molar refractivity (Wildman–Crippen MR) is 124 cm³/mol. The number of rotatable bonds is 5. The van der Waals surface area contributed by atoms with E-state index in [0.29, 0.717) is 48.0 Å². The van der Waals surface area contributed by atoms with Crippen LogP contribution >= 0.6 is 0 Å². The second-order valence-electron chi connectivity index (χ2n) is 10.8. The number of hydrogen-bond donors (Lipinski definition) is 4. The Bertz CT molecular complexity index is 1250. The number of carbonyl (C=O) groups excluding carboxylic acids is 1. The van der Waals surface area contributed by atoms with Crippen LogP contribution in [0.2, 0.25) is 0 Å². The number of amides is 1. The Hall–Kier alpha value is -3.05. The molecule has 5 fully saturated rings. The molecule has 11 heteroatoms. The molecule has 3 aromatic heterocycles. The quantitative estimate of drug-likeness (QED) is 0.432. The summed E-state index contributed by atoms with van der Waals surface area (Å²) in [6.07, 6.45) is 9.73. The van der Waals surface area contributed by atoms with Gasteiger partial charge in [0.2, 0.25) is 5.82 Å². The summed E-state index contributed by atoms with van der Waals surface area (Å²) in [5.41, 5.74) is 2.34. The standard InChI is InChI=1S/C24H29N7O4/c32-22(28-15-1-3-34-4-2-15)23-30-20(31-35-23)16-10-25-21-19(26-11-27-21)18(16)29-17-13-5-12-6-14(17)9-24(33,7-12)8-13/h10-15,17,33H,1-9H2,(H,28,32)(H2,25,26,27,29)/t12?,13-,14+,17?,24?. The lowest BCUT2D eigenvalue weighted by Crippen LogP contribution is -2.59. The van der Waals surface area contributed by atoms with Crippen LogP contribution in [0.25, 0.3) is 22.6 Å². The number of ether oxygens (including phenoxy) is 1. The Morgan fingerprint density at radius 1 is 1.14 bits per heavy atom. The summed E-state index contributed by atoms with van der Waals surface area (Å²) in [7, 11) is 0. The number of nitrogens with one attached hydrogen (secondary N) is 3. The highest BCUT2D eigenvalue weighted by Crippen LogP contribution is 2.56. The van der Waals surface area contributed by atoms with E-state index in [-0.39, 0.29) is 23.9 Å². The largest absolute Gasteiger partial charge is 0.390 e. The lowest BCUT2D eigenvalue weighted by molar-refractivity contribution is -0.129. The average Bonchev–Trinajstić information content (AvgIpc) is 3.51. The molecule has 35 heavy (non-hydrogen) atoms. The lowest BCUT2D eigenvalue weighted by atomic mass is 9.52. The molecule has 3 unspecified atom stereocenters. The number of carbonyl (C=O) groups is 1. The topological polar surface area (TPSA) is 151 Å². The highest BCUT2D eigenvalue weighted by atomic mass is 16.5. The number of nitrogens with zero attached hydrogens (tertiary/aromatic N) is 4. The number of fused-ring (bicyclic) bond motifs is 1. The number of pyridine rings is 1. The van der Waals surface area contributed by atoms with Gasteiger partial charge in [0.05, 0.1) is 23.2 Å². The first kappa shape index (κ1) is 21.3. The zero-order chi connectivity index (χ0) is 23.6. The van der Waals surface area contributed by atoms with Crippen molar-refractivity contribution in [2.24, 2.45) is 17.8 Å². The van der Waals surface area contributed by atoms with Gasteiger partial charge in [-0.15, -0.1) is 0 Å². The van der Waals surface area contributed by atoms with Gasteiger partial charge in [0, 0.05) is 31.5 Å². The van der Waals surface area contributed by atoms with Crippen LogP contribution in [0.5, 0.6) is 0 Å². The molecule has 3 aromatic rings. The van der Waals surface area contributed by atoms with Gasteiger partial charge < -0.3 is 30.0 Å². The maximum atomic E-state index is 12.7. The third kappa shape index (κ3) is 3.68. The van der Waals surface area contributed by atoms with E-state index in [1.165, 1.54) is 0 Å². The molecule has 4 bridgehead atoms. The first-order valence-electron chi connectivity index (χ1n) is 12.6. The van der Waals surface area contributed by atoms with Crippen molar-refractivity contribution in [3.63, 3.8) is 0 Å². The minimum atomic E-state index is -0.501. The Morgan fingerprint density at radius 2 is 1.94 bits per heavy atom. The van der Waals surface area contributed by atoms with E-state index in [0.717, 1.165) is 56.1 Å². The fraction of sp³-hybridized carbons (Fsp3) is 0.625. The van der Waals surface area contributed by atoms with Gasteiger partial charge in [-0.2, -0.15) is 4.98 Å². The van der Waals surface area contributed by atoms with Gasteiger partial charge in [-0.05, 0) is 62.7 Å². The van der Waals surface area contributed by atoms with Gasteiger partial charge in [-0.25, -0.2) is 9.97 Å². The molecule has 4 saturated carbocycles. The fourth-order valence-corrected chi connectivity index (χ4v) is 7.11. The summed E-state index contributed by atoms with van der Waals surface area (Å²) >= 11 is 0. The van der Waals surface area contributed by atoms with Crippen molar-refractivity contribution < 1.29 is 19.2 Å². The first-order chi connectivity index (χ1) is 17.0. The molecule has 1 amide bonds. The maximum Gasteiger partial charge on any atom is 0.316 e. The van der Waals surface area contributed by atoms with Crippen LogP contribution in [-0.2, 0) is 4.74 Å². The van der Waals surface area contributed by atoms with Crippen molar-refractivity contribution in [3.8, 4) is 11.4 Å². The van der Waals surface area contributed by atoms with Gasteiger partial charge in [-0.1, -0.05) is 5.16 Å². The van der Waals surface area contributed by atoms with E-state index in [1.807, 2.05) is 0 Å². The van der Waals surface area contributed by atoms with Gasteiger partial charge in [-0.3, -0.25) is 4.79 Å². The summed E-state index contributed by atoms with van der Waals surface area (Å²) in [5, 5.41) is 21.9. The highest BCUT2D eigenvalue weighted by Gasteiger charge is 2.54. The normalized spacial score (nSPS) is 32.3. The third-order valence-corrected chi connectivity index (χ3v) is 8.42. The zero-order valence-electron chi connectivity index (χ0n) is 19.4. The third-order valence-electron chi connectivity index (χ3n) is 8.42. The zero-order valence-corrected chi connectivity index (χ0v) is 19.4. The molecular formula is C24H29N7O4. The summed E-state index contributed by atoms with van der Waals surface area (Å²) in [4.78, 5) is 29.1. The van der Waals surface area contributed by atoms with Gasteiger partial charge in [0.25, 0.3) is 0 Å². The molecule has 0 spiro atoms. The summed E-state index contributed by atoms with van der Waals surface area (Å²) in [6, 6.07) is 0.279. The average molecular weight is 480 g/mol. The summed E-state index contributed by atoms with van der Waals surface area (Å²) < 4.78 is 10.7. The Balaban J connectivity index is 1.19. The molecule has 0 radical (unpaired) electrons. The molecule has 184 valence electrons. The molecule has 4 N–H and O–H groups in total. The molecule has 5 aliphatic rings. The fourth-order valence-electron chi connectivity index (χ4n) is 7.11. The maximum absolute atomic E-state index is 12.7. The van der Waals surface area contributed by atoms with E-state index in [4.69, 9.17) is 9.26 Å². The molecule has 1 saturated heterocycles. The Labute approximate surface area is 201 Å². The van der Waals surface area contributed by atoms with Crippen LogP contribution in [0.3, 0.4) is 0 Å². The monoisotopic (exact) mass is 479 g/mol. The number of aromatic amines is 1. The van der Waals surface area contributed by atoms with Crippen molar-refractivity contribution in [2.45, 2.75) is 62.6 Å². The van der Waals surface area contributed by atoms with Crippen LogP contribution in [0, 0.1) is 17.8 Å². The number of hydrogen-bond acceptors (Lipinski definition) is 9. The highest BCUT2D eigenvalue weighted by molar-refractivity contribution is 5.95. The molecule has 0 aromatic carbocycles. The number of imidazole rings is 1. The van der Waals surface area contributed by atoms with Gasteiger partial charge >= 0.3 is 11.8 Å². The van der Waals surface area contributed by atoms with Gasteiger partial charge in [0.15, 0.2) is 5.65 Å². The first-order valence-corrected chi connectivity index (χ1v) is 12.6. The second kappa shape index (κ2) is 7.99. The smallest absolute Gasteiger partial charge is 0.316 e. The van der Waals surface area contributed by atoms with E-state index in [2.05, 4.69) is 35.7 Å². The SMILES string of the molecule is O=C(NC1CCOCC1)c1nc(-c2cnc3nc[nH]c3c2NC2[C@@H]3CC4C[C@H]2CC(O)(C4)C3)no1. The molecule has 4 aliphatic carbocycles. The van der Waals surface area contributed by atoms with Crippen LogP contribution in [0.1, 0.15) is 55.6 Å². The minimum Gasteiger partial charge on any atom is -0.390 e. The minimum absolute atomic E-state index is 0.0404. The van der Waals surface area contributed by atoms with E-state index < -0.39 is 5.60 Å². The van der Waals surface area contributed by atoms with E-state index in [1.54, 1.807) is 12.5 Å². The van der Waals surface area contributed by atoms with Crippen molar-refractivity contribution in [1.82, 2.24) is 30.4 Å².